The van der Waals surface area contributed by atoms with Crippen LogP contribution in [0, 0.1) is 6.92 Å². The summed E-state index contributed by atoms with van der Waals surface area (Å²) in [4.78, 5) is 11.8. The second-order valence-electron chi connectivity index (χ2n) is 6.30. The Morgan fingerprint density at radius 2 is 1.72 bits per heavy atom. The van der Waals surface area contributed by atoms with Gasteiger partial charge in [-0.05, 0) is 54.4 Å². The minimum absolute atomic E-state index is 0.100. The first-order valence-electron chi connectivity index (χ1n) is 9.08. The molecule has 148 valence electrons. The lowest BCUT2D eigenvalue weighted by molar-refractivity contribution is -0.123. The first kappa shape index (κ1) is 20.4. The van der Waals surface area contributed by atoms with E-state index in [1.165, 1.54) is 0 Å². The first-order valence-corrected chi connectivity index (χ1v) is 9.46. The third-order valence-electron chi connectivity index (χ3n) is 4.09. The van der Waals surface area contributed by atoms with Crippen molar-refractivity contribution in [2.45, 2.75) is 13.5 Å². The van der Waals surface area contributed by atoms with E-state index in [4.69, 9.17) is 21.1 Å². The molecule has 3 aromatic rings. The number of hydrogen-bond donors (Lipinski definition) is 1. The van der Waals surface area contributed by atoms with E-state index in [1.807, 2.05) is 79.7 Å². The molecule has 29 heavy (non-hydrogen) atoms. The molecule has 0 saturated carbocycles. The molecule has 0 fully saturated rings. The van der Waals surface area contributed by atoms with Gasteiger partial charge in [0.15, 0.2) is 6.61 Å². The zero-order chi connectivity index (χ0) is 20.5. The number of rotatable bonds is 8. The molecule has 1 N–H and O–H groups in total. The van der Waals surface area contributed by atoms with Gasteiger partial charge < -0.3 is 9.47 Å². The summed E-state index contributed by atoms with van der Waals surface area (Å²) in [6.45, 7) is 2.22. The molecule has 0 aliphatic rings. The van der Waals surface area contributed by atoms with E-state index in [9.17, 15) is 4.79 Å². The molecule has 0 radical (unpaired) electrons. The maximum Gasteiger partial charge on any atom is 0.277 e. The number of carbonyl (C=O) groups is 1. The topological polar surface area (TPSA) is 59.9 Å². The Bertz CT molecular complexity index is 987. The highest BCUT2D eigenvalue weighted by molar-refractivity contribution is 6.31. The molecule has 0 aliphatic heterocycles. The number of para-hydroxylation sites is 1. The second kappa shape index (κ2) is 10.3. The quantitative estimate of drug-likeness (QED) is 0.432. The summed E-state index contributed by atoms with van der Waals surface area (Å²) in [6.07, 6.45) is 1.56. The third kappa shape index (κ3) is 6.36. The van der Waals surface area contributed by atoms with Crippen LogP contribution in [0.4, 0.5) is 0 Å². The minimum Gasteiger partial charge on any atom is -0.489 e. The Kier molecular flexibility index (Phi) is 7.25. The van der Waals surface area contributed by atoms with Gasteiger partial charge in [0.25, 0.3) is 5.91 Å². The summed E-state index contributed by atoms with van der Waals surface area (Å²) in [6, 6.07) is 22.5. The Morgan fingerprint density at radius 3 is 2.48 bits per heavy atom. The van der Waals surface area contributed by atoms with Gasteiger partial charge in [0.1, 0.15) is 18.1 Å². The number of halogens is 1. The molecular formula is C23H21ClN2O3. The van der Waals surface area contributed by atoms with Gasteiger partial charge >= 0.3 is 0 Å². The van der Waals surface area contributed by atoms with Gasteiger partial charge in [-0.2, -0.15) is 5.10 Å². The zero-order valence-electron chi connectivity index (χ0n) is 16.0. The standard InChI is InChI=1S/C23H21ClN2O3/c1-17-6-2-5-9-22(17)29-16-23(27)26-25-14-18-10-12-20(13-11-18)28-15-19-7-3-4-8-21(19)24/h2-14H,15-16H2,1H3,(H,26,27). The van der Waals surface area contributed by atoms with E-state index in [1.54, 1.807) is 6.21 Å². The van der Waals surface area contributed by atoms with Crippen molar-refractivity contribution >= 4 is 23.7 Å². The zero-order valence-corrected chi connectivity index (χ0v) is 16.7. The van der Waals surface area contributed by atoms with Gasteiger partial charge in [-0.3, -0.25) is 4.79 Å². The molecule has 3 aromatic carbocycles. The van der Waals surface area contributed by atoms with Gasteiger partial charge in [0.2, 0.25) is 0 Å². The number of amides is 1. The number of aryl methyl sites for hydroxylation is 1. The Hall–Kier alpha value is -3.31. The predicted octanol–water partition coefficient (Wildman–Crippen LogP) is 4.76. The molecule has 5 nitrogen and oxygen atoms in total. The van der Waals surface area contributed by atoms with E-state index in [0.29, 0.717) is 17.4 Å². The molecule has 1 amide bonds. The highest BCUT2D eigenvalue weighted by atomic mass is 35.5. The molecule has 0 aliphatic carbocycles. The Balaban J connectivity index is 1.44. The second-order valence-corrected chi connectivity index (χ2v) is 6.70. The molecule has 0 unspecified atom stereocenters. The predicted molar refractivity (Wildman–Crippen MR) is 115 cm³/mol. The molecular weight excluding hydrogens is 388 g/mol. The van der Waals surface area contributed by atoms with Crippen molar-refractivity contribution in [2.75, 3.05) is 6.61 Å². The van der Waals surface area contributed by atoms with Gasteiger partial charge in [-0.1, -0.05) is 48.0 Å². The van der Waals surface area contributed by atoms with Crippen molar-refractivity contribution in [1.82, 2.24) is 5.43 Å². The van der Waals surface area contributed by atoms with Crippen molar-refractivity contribution in [3.8, 4) is 11.5 Å². The van der Waals surface area contributed by atoms with Crippen molar-refractivity contribution in [1.29, 1.82) is 0 Å². The van der Waals surface area contributed by atoms with Crippen molar-refractivity contribution in [3.63, 3.8) is 0 Å². The fraction of sp³-hybridized carbons (Fsp3) is 0.130. The van der Waals surface area contributed by atoms with Crippen LogP contribution in [-0.2, 0) is 11.4 Å². The normalized spacial score (nSPS) is 10.7. The van der Waals surface area contributed by atoms with Crippen LogP contribution in [0.15, 0.2) is 77.9 Å². The third-order valence-corrected chi connectivity index (χ3v) is 4.46. The smallest absolute Gasteiger partial charge is 0.277 e. The molecule has 0 bridgehead atoms. The van der Waals surface area contributed by atoms with E-state index in [0.717, 1.165) is 22.4 Å². The summed E-state index contributed by atoms with van der Waals surface area (Å²) in [7, 11) is 0. The highest BCUT2D eigenvalue weighted by Gasteiger charge is 2.03. The van der Waals surface area contributed by atoms with Gasteiger partial charge in [0, 0.05) is 10.6 Å². The van der Waals surface area contributed by atoms with Gasteiger partial charge in [-0.25, -0.2) is 5.43 Å². The van der Waals surface area contributed by atoms with E-state index in [2.05, 4.69) is 10.5 Å². The van der Waals surface area contributed by atoms with Crippen LogP contribution >= 0.6 is 11.6 Å². The van der Waals surface area contributed by atoms with Gasteiger partial charge in [0.05, 0.1) is 6.21 Å². The highest BCUT2D eigenvalue weighted by Crippen LogP contribution is 2.19. The van der Waals surface area contributed by atoms with Crippen LogP contribution in [-0.4, -0.2) is 18.7 Å². The summed E-state index contributed by atoms with van der Waals surface area (Å²) < 4.78 is 11.2. The lowest BCUT2D eigenvalue weighted by Gasteiger charge is -2.08. The van der Waals surface area contributed by atoms with Crippen molar-refractivity contribution in [2.24, 2.45) is 5.10 Å². The first-order chi connectivity index (χ1) is 14.1. The number of hydrazone groups is 1. The number of nitrogens with zero attached hydrogens (tertiary/aromatic N) is 1. The fourth-order valence-corrected chi connectivity index (χ4v) is 2.69. The van der Waals surface area contributed by atoms with E-state index < -0.39 is 0 Å². The molecule has 6 heteroatoms. The fourth-order valence-electron chi connectivity index (χ4n) is 2.50. The monoisotopic (exact) mass is 408 g/mol. The van der Waals surface area contributed by atoms with Crippen molar-refractivity contribution in [3.05, 3.63) is 94.5 Å². The minimum atomic E-state index is -0.329. The molecule has 0 atom stereocenters. The van der Waals surface area contributed by atoms with Crippen LogP contribution < -0.4 is 14.9 Å². The average molecular weight is 409 g/mol. The van der Waals surface area contributed by atoms with Crippen LogP contribution in [0.1, 0.15) is 16.7 Å². The Labute approximate surface area is 174 Å². The van der Waals surface area contributed by atoms with Gasteiger partial charge in [-0.15, -0.1) is 0 Å². The molecule has 0 heterocycles. The summed E-state index contributed by atoms with van der Waals surface area (Å²) in [5, 5.41) is 4.63. The lowest BCUT2D eigenvalue weighted by Crippen LogP contribution is -2.24. The van der Waals surface area contributed by atoms with Crippen LogP contribution in [0.2, 0.25) is 5.02 Å². The van der Waals surface area contributed by atoms with E-state index >= 15 is 0 Å². The summed E-state index contributed by atoms with van der Waals surface area (Å²) >= 11 is 6.12. The maximum atomic E-state index is 11.8. The van der Waals surface area contributed by atoms with Crippen molar-refractivity contribution < 1.29 is 14.3 Å². The number of hydrogen-bond acceptors (Lipinski definition) is 4. The molecule has 0 saturated heterocycles. The number of nitrogens with one attached hydrogen (secondary N) is 1. The number of benzene rings is 3. The van der Waals surface area contributed by atoms with Crippen LogP contribution in [0.5, 0.6) is 11.5 Å². The summed E-state index contributed by atoms with van der Waals surface area (Å²) in [5.41, 5.74) is 5.18. The maximum absolute atomic E-state index is 11.8. The average Bonchev–Trinajstić information content (AvgIpc) is 2.73. The molecule has 3 rings (SSSR count). The molecule has 0 spiro atoms. The SMILES string of the molecule is Cc1ccccc1OCC(=O)NN=Cc1ccc(OCc2ccccc2Cl)cc1. The molecule has 0 aromatic heterocycles. The Morgan fingerprint density at radius 1 is 1.00 bits per heavy atom. The van der Waals surface area contributed by atoms with E-state index in [-0.39, 0.29) is 12.5 Å². The largest absolute Gasteiger partial charge is 0.489 e. The van der Waals surface area contributed by atoms with Crippen LogP contribution in [0.25, 0.3) is 0 Å². The number of carbonyl (C=O) groups excluding carboxylic acids is 1. The lowest BCUT2D eigenvalue weighted by atomic mass is 10.2. The summed E-state index contributed by atoms with van der Waals surface area (Å²) in [5.74, 6) is 1.07. The number of ether oxygens (including phenoxy) is 2. The van der Waals surface area contributed by atoms with Crippen LogP contribution in [0.3, 0.4) is 0 Å².